The van der Waals surface area contributed by atoms with Crippen LogP contribution in [0.25, 0.3) is 0 Å². The summed E-state index contributed by atoms with van der Waals surface area (Å²) in [6.07, 6.45) is 3.69. The van der Waals surface area contributed by atoms with Crippen LogP contribution in [0, 0.1) is 5.92 Å². The zero-order valence-corrected chi connectivity index (χ0v) is 15.5. The maximum atomic E-state index is 12.7. The van der Waals surface area contributed by atoms with Crippen LogP contribution in [0.4, 0.5) is 0 Å². The summed E-state index contributed by atoms with van der Waals surface area (Å²) in [6, 6.07) is 1.57. The third-order valence-electron chi connectivity index (χ3n) is 4.55. The average molecular weight is 383 g/mol. The highest BCUT2D eigenvalue weighted by Gasteiger charge is 2.30. The minimum Gasteiger partial charge on any atom is -0.471 e. The Labute approximate surface area is 157 Å². The van der Waals surface area contributed by atoms with Crippen molar-refractivity contribution < 1.29 is 23.8 Å². The van der Waals surface area contributed by atoms with Crippen LogP contribution < -0.4 is 4.74 Å². The monoisotopic (exact) mass is 382 g/mol. The fourth-order valence-electron chi connectivity index (χ4n) is 3.19. The van der Waals surface area contributed by atoms with Crippen LogP contribution in [-0.2, 0) is 14.3 Å². The minimum absolute atomic E-state index is 0.0611. The Morgan fingerprint density at radius 3 is 2.96 bits per heavy atom. The normalized spacial score (nSPS) is 22.9. The lowest BCUT2D eigenvalue weighted by Gasteiger charge is -2.31. The number of piperidine rings is 1. The quantitative estimate of drug-likeness (QED) is 0.727. The van der Waals surface area contributed by atoms with Crippen molar-refractivity contribution in [3.63, 3.8) is 0 Å². The van der Waals surface area contributed by atoms with Gasteiger partial charge in [-0.3, -0.25) is 9.59 Å². The predicted octanol–water partition coefficient (Wildman–Crippen LogP) is 2.32. The number of hydrogen-bond acceptors (Lipinski definition) is 6. The van der Waals surface area contributed by atoms with Crippen molar-refractivity contribution in [2.45, 2.75) is 32.3 Å². The molecule has 2 aliphatic rings. The Hall–Kier alpha value is -1.86. The molecule has 1 aromatic rings. The summed E-state index contributed by atoms with van der Waals surface area (Å²) in [5.41, 5.74) is 0.384. The zero-order valence-electron chi connectivity index (χ0n) is 14.8. The Balaban J connectivity index is 1.65. The van der Waals surface area contributed by atoms with Crippen molar-refractivity contribution in [1.29, 1.82) is 0 Å². The van der Waals surface area contributed by atoms with Gasteiger partial charge in [0.25, 0.3) is 5.91 Å². The highest BCUT2D eigenvalue weighted by atomic mass is 35.5. The van der Waals surface area contributed by atoms with Gasteiger partial charge in [0.2, 0.25) is 5.88 Å². The summed E-state index contributed by atoms with van der Waals surface area (Å²) in [5.74, 6) is -0.407. The van der Waals surface area contributed by atoms with Crippen LogP contribution in [-0.4, -0.2) is 60.8 Å². The molecule has 1 aromatic heterocycles. The van der Waals surface area contributed by atoms with Gasteiger partial charge < -0.3 is 19.1 Å². The Bertz CT molecular complexity index is 663. The highest BCUT2D eigenvalue weighted by Crippen LogP contribution is 2.26. The molecule has 0 aromatic carbocycles. The van der Waals surface area contributed by atoms with Gasteiger partial charge in [0.15, 0.2) is 0 Å². The Morgan fingerprint density at radius 2 is 2.27 bits per heavy atom. The second kappa shape index (κ2) is 8.68. The van der Waals surface area contributed by atoms with E-state index in [1.165, 1.54) is 6.20 Å². The molecule has 0 saturated carbocycles. The molecule has 0 bridgehead atoms. The number of pyridine rings is 1. The van der Waals surface area contributed by atoms with Crippen LogP contribution in [0.2, 0.25) is 5.02 Å². The van der Waals surface area contributed by atoms with Crippen molar-refractivity contribution in [2.24, 2.45) is 5.92 Å². The lowest BCUT2D eigenvalue weighted by atomic mass is 9.97. The molecule has 2 aliphatic heterocycles. The lowest BCUT2D eigenvalue weighted by Crippen LogP contribution is -2.42. The van der Waals surface area contributed by atoms with Crippen molar-refractivity contribution in [3.8, 4) is 5.88 Å². The molecule has 142 valence electrons. The van der Waals surface area contributed by atoms with Crippen molar-refractivity contribution >= 4 is 23.5 Å². The van der Waals surface area contributed by atoms with E-state index >= 15 is 0 Å². The first-order chi connectivity index (χ1) is 12.6. The summed E-state index contributed by atoms with van der Waals surface area (Å²) >= 11 is 6.24. The summed E-state index contributed by atoms with van der Waals surface area (Å²) in [4.78, 5) is 30.5. The second-order valence-electron chi connectivity index (χ2n) is 6.46. The van der Waals surface area contributed by atoms with Gasteiger partial charge in [-0.25, -0.2) is 4.98 Å². The number of rotatable bonds is 5. The molecule has 0 radical (unpaired) electrons. The lowest BCUT2D eigenvalue weighted by molar-refractivity contribution is -0.149. The van der Waals surface area contributed by atoms with Crippen molar-refractivity contribution in [1.82, 2.24) is 9.88 Å². The molecule has 7 nitrogen and oxygen atoms in total. The third kappa shape index (κ3) is 4.45. The van der Waals surface area contributed by atoms with Gasteiger partial charge in [0.05, 0.1) is 31.3 Å². The van der Waals surface area contributed by atoms with E-state index in [-0.39, 0.29) is 23.9 Å². The van der Waals surface area contributed by atoms with Gasteiger partial charge in [0, 0.05) is 25.7 Å². The number of carbonyl (C=O) groups is 2. The Morgan fingerprint density at radius 1 is 1.42 bits per heavy atom. The van der Waals surface area contributed by atoms with Crippen molar-refractivity contribution in [3.05, 3.63) is 22.8 Å². The fraction of sp³-hybridized carbons (Fsp3) is 0.611. The number of esters is 1. The van der Waals surface area contributed by atoms with E-state index in [0.717, 1.165) is 19.3 Å². The standard InChI is InChI=1S/C18H23ClN2O5/c1-2-25-18(23)12-4-3-6-21(10-12)17(22)13-8-15(19)16(20-9-13)26-14-5-7-24-11-14/h8-9,12,14H,2-7,10-11H2,1H3. The van der Waals surface area contributed by atoms with E-state index < -0.39 is 0 Å². The largest absolute Gasteiger partial charge is 0.471 e. The van der Waals surface area contributed by atoms with E-state index in [0.29, 0.717) is 49.4 Å². The van der Waals surface area contributed by atoms with Crippen LogP contribution >= 0.6 is 11.6 Å². The molecule has 3 rings (SSSR count). The van der Waals surface area contributed by atoms with Crippen LogP contribution in [0.5, 0.6) is 5.88 Å². The van der Waals surface area contributed by atoms with Crippen LogP contribution in [0.15, 0.2) is 12.3 Å². The molecule has 2 atom stereocenters. The molecule has 0 aliphatic carbocycles. The van der Waals surface area contributed by atoms with E-state index in [4.69, 9.17) is 25.8 Å². The minimum atomic E-state index is -0.277. The SMILES string of the molecule is CCOC(=O)C1CCCN(C(=O)c2cnc(OC3CCOC3)c(Cl)c2)C1. The molecule has 2 saturated heterocycles. The molecule has 0 spiro atoms. The number of likely N-dealkylation sites (tertiary alicyclic amines) is 1. The van der Waals surface area contributed by atoms with E-state index in [1.54, 1.807) is 17.9 Å². The van der Waals surface area contributed by atoms with Gasteiger partial charge in [0.1, 0.15) is 11.1 Å². The highest BCUT2D eigenvalue weighted by molar-refractivity contribution is 6.32. The summed E-state index contributed by atoms with van der Waals surface area (Å²) in [5, 5.41) is 0.293. The summed E-state index contributed by atoms with van der Waals surface area (Å²) in [6.45, 7) is 4.25. The second-order valence-corrected chi connectivity index (χ2v) is 6.86. The molecule has 2 fully saturated rings. The fourth-order valence-corrected chi connectivity index (χ4v) is 3.40. The number of hydrogen-bond donors (Lipinski definition) is 0. The van der Waals surface area contributed by atoms with Gasteiger partial charge in [-0.1, -0.05) is 11.6 Å². The maximum absolute atomic E-state index is 12.7. The number of ether oxygens (including phenoxy) is 3. The third-order valence-corrected chi connectivity index (χ3v) is 4.82. The number of halogens is 1. The first-order valence-corrected chi connectivity index (χ1v) is 9.32. The number of carbonyl (C=O) groups excluding carboxylic acids is 2. The van der Waals surface area contributed by atoms with Gasteiger partial charge in [-0.05, 0) is 25.8 Å². The molecular weight excluding hydrogens is 360 g/mol. The van der Waals surface area contributed by atoms with E-state index in [9.17, 15) is 9.59 Å². The van der Waals surface area contributed by atoms with Gasteiger partial charge >= 0.3 is 5.97 Å². The maximum Gasteiger partial charge on any atom is 0.310 e. The molecular formula is C18H23ClN2O5. The molecule has 26 heavy (non-hydrogen) atoms. The van der Waals surface area contributed by atoms with E-state index in [1.807, 2.05) is 0 Å². The first kappa shape index (κ1) is 18.9. The number of nitrogens with zero attached hydrogens (tertiary/aromatic N) is 2. The van der Waals surface area contributed by atoms with Gasteiger partial charge in [-0.15, -0.1) is 0 Å². The van der Waals surface area contributed by atoms with Crippen LogP contribution in [0.1, 0.15) is 36.5 Å². The molecule has 1 amide bonds. The summed E-state index contributed by atoms with van der Waals surface area (Å²) in [7, 11) is 0. The molecule has 0 N–H and O–H groups in total. The zero-order chi connectivity index (χ0) is 18.5. The molecule has 3 heterocycles. The topological polar surface area (TPSA) is 78.0 Å². The average Bonchev–Trinajstić information content (AvgIpc) is 3.16. The van der Waals surface area contributed by atoms with E-state index in [2.05, 4.69) is 4.98 Å². The molecule has 2 unspecified atom stereocenters. The van der Waals surface area contributed by atoms with Gasteiger partial charge in [-0.2, -0.15) is 0 Å². The molecule has 8 heteroatoms. The number of amides is 1. The predicted molar refractivity (Wildman–Crippen MR) is 94.4 cm³/mol. The Kier molecular flexibility index (Phi) is 6.32. The number of aromatic nitrogens is 1. The summed E-state index contributed by atoms with van der Waals surface area (Å²) < 4.78 is 16.0. The first-order valence-electron chi connectivity index (χ1n) is 8.94. The van der Waals surface area contributed by atoms with Crippen molar-refractivity contribution in [2.75, 3.05) is 32.9 Å². The van der Waals surface area contributed by atoms with Crippen LogP contribution in [0.3, 0.4) is 0 Å². The smallest absolute Gasteiger partial charge is 0.310 e.